The van der Waals surface area contributed by atoms with Crippen molar-refractivity contribution < 1.29 is 9.53 Å². The van der Waals surface area contributed by atoms with E-state index in [9.17, 15) is 9.59 Å². The summed E-state index contributed by atoms with van der Waals surface area (Å²) in [5.74, 6) is 0.902. The van der Waals surface area contributed by atoms with E-state index in [1.165, 1.54) is 11.8 Å². The highest BCUT2D eigenvalue weighted by molar-refractivity contribution is 7.99. The minimum Gasteiger partial charge on any atom is -0.497 e. The number of rotatable bonds is 8. The standard InChI is InChI=1S/C27H27N3O3S/c1-4-29(24-12-8-5-9-19(24)2)25(31)18-34-27-28-23-11-7-6-10-22(23)26(32)30(27)17-20-13-15-21(33-3)16-14-20/h5-16H,4,17-18H2,1-3H3. The van der Waals surface area contributed by atoms with E-state index >= 15 is 0 Å². The molecular weight excluding hydrogens is 446 g/mol. The molecule has 4 rings (SSSR count). The number of anilines is 1. The summed E-state index contributed by atoms with van der Waals surface area (Å²) >= 11 is 1.29. The molecule has 0 saturated heterocycles. The number of hydrogen-bond donors (Lipinski definition) is 0. The third-order valence-electron chi connectivity index (χ3n) is 5.67. The van der Waals surface area contributed by atoms with Gasteiger partial charge in [-0.2, -0.15) is 0 Å². The number of nitrogens with zero attached hydrogens (tertiary/aromatic N) is 3. The molecule has 0 N–H and O–H groups in total. The lowest BCUT2D eigenvalue weighted by atomic mass is 10.2. The molecule has 3 aromatic carbocycles. The Morgan fingerprint density at radius 3 is 2.44 bits per heavy atom. The Morgan fingerprint density at radius 1 is 1.03 bits per heavy atom. The largest absolute Gasteiger partial charge is 0.497 e. The van der Waals surface area contributed by atoms with Gasteiger partial charge in [-0.1, -0.05) is 54.2 Å². The quantitative estimate of drug-likeness (QED) is 0.269. The molecule has 1 heterocycles. The SMILES string of the molecule is CCN(C(=O)CSc1nc2ccccc2c(=O)n1Cc1ccc(OC)cc1)c1ccccc1C. The lowest BCUT2D eigenvalue weighted by molar-refractivity contribution is -0.116. The molecule has 0 atom stereocenters. The smallest absolute Gasteiger partial charge is 0.262 e. The van der Waals surface area contributed by atoms with Crippen LogP contribution in [0.1, 0.15) is 18.1 Å². The molecule has 0 unspecified atom stereocenters. The summed E-state index contributed by atoms with van der Waals surface area (Å²) in [7, 11) is 1.62. The molecule has 0 aliphatic heterocycles. The molecule has 1 aromatic heterocycles. The van der Waals surface area contributed by atoms with Gasteiger partial charge in [-0.25, -0.2) is 4.98 Å². The van der Waals surface area contributed by atoms with Crippen molar-refractivity contribution in [3.05, 3.63) is 94.3 Å². The zero-order valence-corrected chi connectivity index (χ0v) is 20.3. The van der Waals surface area contributed by atoms with Crippen molar-refractivity contribution in [2.24, 2.45) is 0 Å². The summed E-state index contributed by atoms with van der Waals surface area (Å²) < 4.78 is 6.89. The van der Waals surface area contributed by atoms with E-state index in [1.807, 2.05) is 80.6 Å². The first kappa shape index (κ1) is 23.6. The second-order valence-corrected chi connectivity index (χ2v) is 8.81. The number of carbonyl (C=O) groups excluding carboxylic acids is 1. The van der Waals surface area contributed by atoms with Crippen LogP contribution in [0.25, 0.3) is 10.9 Å². The number of amides is 1. The topological polar surface area (TPSA) is 64.4 Å². The molecule has 0 radical (unpaired) electrons. The number of fused-ring (bicyclic) bond motifs is 1. The monoisotopic (exact) mass is 473 g/mol. The third-order valence-corrected chi connectivity index (χ3v) is 6.64. The molecule has 4 aromatic rings. The molecule has 7 heteroatoms. The van der Waals surface area contributed by atoms with Crippen LogP contribution in [0, 0.1) is 6.92 Å². The van der Waals surface area contributed by atoms with Gasteiger partial charge in [-0.3, -0.25) is 14.2 Å². The van der Waals surface area contributed by atoms with Gasteiger partial charge >= 0.3 is 0 Å². The fraction of sp³-hybridized carbons (Fsp3) is 0.222. The minimum atomic E-state index is -0.123. The number of para-hydroxylation sites is 2. The second-order valence-electron chi connectivity index (χ2n) is 7.86. The van der Waals surface area contributed by atoms with Crippen LogP contribution in [-0.2, 0) is 11.3 Å². The van der Waals surface area contributed by atoms with Crippen LogP contribution in [0.4, 0.5) is 5.69 Å². The van der Waals surface area contributed by atoms with E-state index in [4.69, 9.17) is 9.72 Å². The molecule has 0 fully saturated rings. The van der Waals surface area contributed by atoms with Crippen molar-refractivity contribution in [2.45, 2.75) is 25.5 Å². The molecule has 1 amide bonds. The summed E-state index contributed by atoms with van der Waals surface area (Å²) in [4.78, 5) is 33.0. The highest BCUT2D eigenvalue weighted by Gasteiger charge is 2.18. The van der Waals surface area contributed by atoms with Gasteiger partial charge in [0, 0.05) is 12.2 Å². The Hall–Kier alpha value is -3.58. The molecule has 0 spiro atoms. The maximum absolute atomic E-state index is 13.4. The lowest BCUT2D eigenvalue weighted by Crippen LogP contribution is -2.33. The van der Waals surface area contributed by atoms with Crippen LogP contribution in [0.2, 0.25) is 0 Å². The predicted molar refractivity (Wildman–Crippen MR) is 138 cm³/mol. The highest BCUT2D eigenvalue weighted by Crippen LogP contribution is 2.24. The van der Waals surface area contributed by atoms with Crippen LogP contribution in [0.15, 0.2) is 82.7 Å². The maximum Gasteiger partial charge on any atom is 0.262 e. The summed E-state index contributed by atoms with van der Waals surface area (Å²) in [5.41, 5.74) is 3.39. The van der Waals surface area contributed by atoms with Gasteiger partial charge in [0.25, 0.3) is 5.56 Å². The number of hydrogen-bond acceptors (Lipinski definition) is 5. The van der Waals surface area contributed by atoms with E-state index in [-0.39, 0.29) is 17.2 Å². The second kappa shape index (κ2) is 10.6. The van der Waals surface area contributed by atoms with Gasteiger partial charge in [-0.15, -0.1) is 0 Å². The van der Waals surface area contributed by atoms with Crippen molar-refractivity contribution in [1.29, 1.82) is 0 Å². The van der Waals surface area contributed by atoms with E-state index in [1.54, 1.807) is 22.6 Å². The van der Waals surface area contributed by atoms with Crippen LogP contribution in [0.5, 0.6) is 5.75 Å². The molecule has 0 aliphatic carbocycles. The fourth-order valence-electron chi connectivity index (χ4n) is 3.86. The van der Waals surface area contributed by atoms with Crippen LogP contribution >= 0.6 is 11.8 Å². The number of thioether (sulfide) groups is 1. The summed E-state index contributed by atoms with van der Waals surface area (Å²) in [6.45, 7) is 4.87. The Kier molecular flexibility index (Phi) is 7.33. The number of methoxy groups -OCH3 is 1. The molecule has 6 nitrogen and oxygen atoms in total. The molecule has 0 bridgehead atoms. The first-order valence-corrected chi connectivity index (χ1v) is 12.1. The maximum atomic E-state index is 13.4. The van der Waals surface area contributed by atoms with Crippen molar-refractivity contribution in [2.75, 3.05) is 24.3 Å². The first-order chi connectivity index (χ1) is 16.5. The normalized spacial score (nSPS) is 10.9. The van der Waals surface area contributed by atoms with Crippen LogP contribution in [0.3, 0.4) is 0 Å². The number of aromatic nitrogens is 2. The lowest BCUT2D eigenvalue weighted by Gasteiger charge is -2.23. The Balaban J connectivity index is 1.65. The molecule has 174 valence electrons. The third kappa shape index (κ3) is 4.99. The fourth-order valence-corrected chi connectivity index (χ4v) is 4.74. The van der Waals surface area contributed by atoms with Gasteiger partial charge < -0.3 is 9.64 Å². The number of carbonyl (C=O) groups is 1. The van der Waals surface area contributed by atoms with E-state index < -0.39 is 0 Å². The van der Waals surface area contributed by atoms with E-state index in [0.717, 1.165) is 22.6 Å². The van der Waals surface area contributed by atoms with Crippen LogP contribution < -0.4 is 15.2 Å². The minimum absolute atomic E-state index is 0.0276. The zero-order chi connectivity index (χ0) is 24.1. The van der Waals surface area contributed by atoms with Gasteiger partial charge in [0.15, 0.2) is 5.16 Å². The summed E-state index contributed by atoms with van der Waals surface area (Å²) in [6, 6.07) is 22.7. The molecule has 0 aliphatic rings. The number of ether oxygens (including phenoxy) is 1. The number of aryl methyl sites for hydroxylation is 1. The van der Waals surface area contributed by atoms with E-state index in [2.05, 4.69) is 0 Å². The van der Waals surface area contributed by atoms with Gasteiger partial charge in [0.1, 0.15) is 5.75 Å². The highest BCUT2D eigenvalue weighted by atomic mass is 32.2. The van der Waals surface area contributed by atoms with Gasteiger partial charge in [0.05, 0.1) is 30.3 Å². The average molecular weight is 474 g/mol. The number of benzene rings is 3. The first-order valence-electron chi connectivity index (χ1n) is 11.1. The Bertz CT molecular complexity index is 1370. The van der Waals surface area contributed by atoms with Crippen molar-refractivity contribution >= 4 is 34.3 Å². The Morgan fingerprint density at radius 2 is 1.74 bits per heavy atom. The molecule has 0 saturated carbocycles. The molecular formula is C27H27N3O3S. The summed E-state index contributed by atoms with van der Waals surface area (Å²) in [6.07, 6.45) is 0. The van der Waals surface area contributed by atoms with Crippen LogP contribution in [-0.4, -0.2) is 34.9 Å². The predicted octanol–water partition coefficient (Wildman–Crippen LogP) is 4.91. The average Bonchev–Trinajstić information content (AvgIpc) is 2.86. The van der Waals surface area contributed by atoms with Gasteiger partial charge in [-0.05, 0) is 55.3 Å². The van der Waals surface area contributed by atoms with Crippen molar-refractivity contribution in [1.82, 2.24) is 9.55 Å². The molecule has 34 heavy (non-hydrogen) atoms. The Labute approximate surface area is 203 Å². The van der Waals surface area contributed by atoms with E-state index in [0.29, 0.717) is 29.1 Å². The van der Waals surface area contributed by atoms with Gasteiger partial charge in [0.2, 0.25) is 5.91 Å². The van der Waals surface area contributed by atoms with Crippen molar-refractivity contribution in [3.8, 4) is 5.75 Å². The van der Waals surface area contributed by atoms with Crippen molar-refractivity contribution in [3.63, 3.8) is 0 Å². The zero-order valence-electron chi connectivity index (χ0n) is 19.5. The summed E-state index contributed by atoms with van der Waals surface area (Å²) in [5, 5.41) is 1.08.